The number of carbonyl (C=O) groups is 1. The molecule has 0 aliphatic carbocycles. The fourth-order valence-corrected chi connectivity index (χ4v) is 1.51. The SMILES string of the molecule is COC(=O)c1ccc(-c2ccco2)nc1C(F)(F)F. The number of aromatic nitrogens is 1. The molecule has 0 fully saturated rings. The third-order valence-electron chi connectivity index (χ3n) is 2.34. The number of nitrogens with zero attached hydrogens (tertiary/aromatic N) is 1. The molecule has 0 saturated carbocycles. The standard InChI is InChI=1S/C12H8F3NO3/c1-18-11(17)7-4-5-8(9-3-2-6-19-9)16-10(7)12(13,14)15/h2-6H,1H3. The summed E-state index contributed by atoms with van der Waals surface area (Å²) in [5.74, 6) is -0.910. The van der Waals surface area contributed by atoms with Crippen LogP contribution in [0.4, 0.5) is 13.2 Å². The van der Waals surface area contributed by atoms with Crippen molar-refractivity contribution in [2.75, 3.05) is 7.11 Å². The van der Waals surface area contributed by atoms with Gasteiger partial charge in [-0.1, -0.05) is 0 Å². The van der Waals surface area contributed by atoms with Gasteiger partial charge in [-0.2, -0.15) is 13.2 Å². The van der Waals surface area contributed by atoms with E-state index in [1.165, 1.54) is 24.5 Å². The molecule has 0 N–H and O–H groups in total. The van der Waals surface area contributed by atoms with Crippen LogP contribution in [0.1, 0.15) is 16.1 Å². The average Bonchev–Trinajstić information content (AvgIpc) is 2.90. The van der Waals surface area contributed by atoms with E-state index < -0.39 is 23.4 Å². The van der Waals surface area contributed by atoms with Gasteiger partial charge in [0, 0.05) is 0 Å². The van der Waals surface area contributed by atoms with Crippen LogP contribution in [-0.4, -0.2) is 18.1 Å². The Balaban J connectivity index is 2.57. The third-order valence-corrected chi connectivity index (χ3v) is 2.34. The number of alkyl halides is 3. The number of hydrogen-bond donors (Lipinski definition) is 0. The molecule has 0 saturated heterocycles. The number of furan rings is 1. The van der Waals surface area contributed by atoms with Crippen molar-refractivity contribution in [3.63, 3.8) is 0 Å². The van der Waals surface area contributed by atoms with E-state index in [-0.39, 0.29) is 11.5 Å². The molecule has 0 aliphatic heterocycles. The summed E-state index contributed by atoms with van der Waals surface area (Å²) in [5.41, 5.74) is -1.94. The molecular formula is C12H8F3NO3. The first-order valence-electron chi connectivity index (χ1n) is 5.14. The Bertz CT molecular complexity index is 591. The summed E-state index contributed by atoms with van der Waals surface area (Å²) in [6.07, 6.45) is -3.44. The number of esters is 1. The molecule has 0 unspecified atom stereocenters. The maximum Gasteiger partial charge on any atom is 0.434 e. The number of ether oxygens (including phenoxy) is 1. The molecule has 2 aromatic heterocycles. The second-order valence-corrected chi connectivity index (χ2v) is 3.56. The van der Waals surface area contributed by atoms with Crippen LogP contribution in [0, 0.1) is 0 Å². The topological polar surface area (TPSA) is 52.3 Å². The lowest BCUT2D eigenvalue weighted by molar-refractivity contribution is -0.141. The highest BCUT2D eigenvalue weighted by Crippen LogP contribution is 2.32. The second kappa shape index (κ2) is 4.75. The van der Waals surface area contributed by atoms with Crippen molar-refractivity contribution in [3.8, 4) is 11.5 Å². The second-order valence-electron chi connectivity index (χ2n) is 3.56. The normalized spacial score (nSPS) is 11.4. The van der Waals surface area contributed by atoms with E-state index in [9.17, 15) is 18.0 Å². The van der Waals surface area contributed by atoms with Gasteiger partial charge in [-0.05, 0) is 24.3 Å². The van der Waals surface area contributed by atoms with Crippen molar-refractivity contribution < 1.29 is 27.1 Å². The van der Waals surface area contributed by atoms with Crippen molar-refractivity contribution in [2.24, 2.45) is 0 Å². The predicted molar refractivity (Wildman–Crippen MR) is 58.3 cm³/mol. The Morgan fingerprint density at radius 3 is 2.58 bits per heavy atom. The predicted octanol–water partition coefficient (Wildman–Crippen LogP) is 3.15. The molecule has 0 atom stereocenters. The molecule has 0 aliphatic rings. The maximum atomic E-state index is 12.9. The van der Waals surface area contributed by atoms with Gasteiger partial charge in [-0.3, -0.25) is 0 Å². The number of carbonyl (C=O) groups excluding carboxylic acids is 1. The Labute approximate surface area is 105 Å². The monoisotopic (exact) mass is 271 g/mol. The Morgan fingerprint density at radius 2 is 2.05 bits per heavy atom. The summed E-state index contributed by atoms with van der Waals surface area (Å²) in [6, 6.07) is 5.28. The zero-order chi connectivity index (χ0) is 14.0. The highest BCUT2D eigenvalue weighted by molar-refractivity contribution is 5.91. The quantitative estimate of drug-likeness (QED) is 0.787. The molecule has 0 radical (unpaired) electrons. The summed E-state index contributed by atoms with van der Waals surface area (Å²) in [6.45, 7) is 0. The maximum absolute atomic E-state index is 12.9. The van der Waals surface area contributed by atoms with Crippen molar-refractivity contribution >= 4 is 5.97 Å². The Morgan fingerprint density at radius 1 is 1.32 bits per heavy atom. The molecule has 2 heterocycles. The Hall–Kier alpha value is -2.31. The van der Waals surface area contributed by atoms with Crippen LogP contribution in [-0.2, 0) is 10.9 Å². The van der Waals surface area contributed by atoms with Crippen LogP contribution in [0.15, 0.2) is 34.9 Å². The zero-order valence-electron chi connectivity index (χ0n) is 9.69. The molecule has 0 amide bonds. The van der Waals surface area contributed by atoms with Crippen LogP contribution in [0.2, 0.25) is 0 Å². The summed E-state index contributed by atoms with van der Waals surface area (Å²) in [4.78, 5) is 14.7. The lowest BCUT2D eigenvalue weighted by Crippen LogP contribution is -2.16. The fraction of sp³-hybridized carbons (Fsp3) is 0.167. The molecule has 7 heteroatoms. The minimum Gasteiger partial charge on any atom is -0.465 e. The molecule has 4 nitrogen and oxygen atoms in total. The minimum atomic E-state index is -4.76. The number of hydrogen-bond acceptors (Lipinski definition) is 4. The van der Waals surface area contributed by atoms with Crippen molar-refractivity contribution in [2.45, 2.75) is 6.18 Å². The summed E-state index contributed by atoms with van der Waals surface area (Å²) >= 11 is 0. The van der Waals surface area contributed by atoms with Crippen LogP contribution in [0.5, 0.6) is 0 Å². The highest BCUT2D eigenvalue weighted by Gasteiger charge is 2.38. The molecule has 100 valence electrons. The van der Waals surface area contributed by atoms with E-state index in [2.05, 4.69) is 9.72 Å². The van der Waals surface area contributed by atoms with Gasteiger partial charge in [0.2, 0.25) is 0 Å². The number of rotatable bonds is 2. The first kappa shape index (κ1) is 13.1. The van der Waals surface area contributed by atoms with Crippen molar-refractivity contribution in [3.05, 3.63) is 41.8 Å². The molecule has 0 aromatic carbocycles. The smallest absolute Gasteiger partial charge is 0.434 e. The summed E-state index contributed by atoms with van der Waals surface area (Å²) in [5, 5.41) is 0. The van der Waals surface area contributed by atoms with Crippen LogP contribution in [0.3, 0.4) is 0 Å². The van der Waals surface area contributed by atoms with Crippen molar-refractivity contribution in [1.82, 2.24) is 4.98 Å². The molecule has 2 rings (SSSR count). The molecule has 0 bridgehead atoms. The average molecular weight is 271 g/mol. The van der Waals surface area contributed by atoms with Crippen molar-refractivity contribution in [1.29, 1.82) is 0 Å². The third kappa shape index (κ3) is 2.59. The van der Waals surface area contributed by atoms with E-state index in [0.29, 0.717) is 0 Å². The van der Waals surface area contributed by atoms with E-state index in [1.54, 1.807) is 0 Å². The van der Waals surface area contributed by atoms with Gasteiger partial charge in [0.05, 0.1) is 18.9 Å². The van der Waals surface area contributed by atoms with Gasteiger partial charge in [-0.25, -0.2) is 9.78 Å². The number of methoxy groups -OCH3 is 1. The zero-order valence-corrected chi connectivity index (χ0v) is 9.69. The van der Waals surface area contributed by atoms with Crippen LogP contribution < -0.4 is 0 Å². The fourth-order valence-electron chi connectivity index (χ4n) is 1.51. The number of pyridine rings is 1. The lowest BCUT2D eigenvalue weighted by Gasteiger charge is -2.11. The molecular weight excluding hydrogens is 263 g/mol. The van der Waals surface area contributed by atoms with Gasteiger partial charge < -0.3 is 9.15 Å². The Kier molecular flexibility index (Phi) is 3.28. The van der Waals surface area contributed by atoms with E-state index >= 15 is 0 Å². The lowest BCUT2D eigenvalue weighted by atomic mass is 10.1. The number of halogens is 3. The van der Waals surface area contributed by atoms with Gasteiger partial charge >= 0.3 is 12.1 Å². The van der Waals surface area contributed by atoms with Crippen LogP contribution >= 0.6 is 0 Å². The minimum absolute atomic E-state index is 0.00928. The molecule has 19 heavy (non-hydrogen) atoms. The van der Waals surface area contributed by atoms with E-state index in [4.69, 9.17) is 4.42 Å². The molecule has 0 spiro atoms. The first-order valence-corrected chi connectivity index (χ1v) is 5.14. The van der Waals surface area contributed by atoms with E-state index in [1.807, 2.05) is 0 Å². The molecule has 2 aromatic rings. The van der Waals surface area contributed by atoms with E-state index in [0.717, 1.165) is 13.2 Å². The first-order chi connectivity index (χ1) is 8.93. The van der Waals surface area contributed by atoms with Gasteiger partial charge in [0.1, 0.15) is 5.69 Å². The van der Waals surface area contributed by atoms with Gasteiger partial charge in [-0.15, -0.1) is 0 Å². The summed E-state index contributed by atoms with van der Waals surface area (Å²) in [7, 11) is 1.00. The van der Waals surface area contributed by atoms with Gasteiger partial charge in [0.25, 0.3) is 0 Å². The largest absolute Gasteiger partial charge is 0.465 e. The van der Waals surface area contributed by atoms with Gasteiger partial charge in [0.15, 0.2) is 11.5 Å². The summed E-state index contributed by atoms with van der Waals surface area (Å²) < 4.78 is 47.9. The highest BCUT2D eigenvalue weighted by atomic mass is 19.4. The van der Waals surface area contributed by atoms with Crippen LogP contribution in [0.25, 0.3) is 11.5 Å².